The lowest BCUT2D eigenvalue weighted by molar-refractivity contribution is -0.117. The van der Waals surface area contributed by atoms with E-state index >= 15 is 0 Å². The Morgan fingerprint density at radius 2 is 1.73 bits per heavy atom. The Bertz CT molecular complexity index is 132. The van der Waals surface area contributed by atoms with Crippen LogP contribution < -0.4 is 5.73 Å². The molecule has 0 bridgehead atoms. The quantitative estimate of drug-likeness (QED) is 0.676. The normalized spacial score (nSPS) is 11.5. The van der Waals surface area contributed by atoms with Crippen LogP contribution in [0.2, 0.25) is 0 Å². The first-order valence-corrected chi connectivity index (χ1v) is 5.61. The molecule has 0 atom stereocenters. The Labute approximate surface area is 76.7 Å². The number of carbonyl (C=O) groups is 1. The number of nitrogens with two attached hydrogens (primary N) is 1. The van der Waals surface area contributed by atoms with Crippen LogP contribution in [0.4, 0.5) is 0 Å². The van der Waals surface area contributed by atoms with Gasteiger partial charge in [0.15, 0.2) is 0 Å². The third-order valence-corrected chi connectivity index (χ3v) is 4.08. The van der Waals surface area contributed by atoms with E-state index in [4.69, 9.17) is 5.73 Å². The number of amides is 1. The van der Waals surface area contributed by atoms with Gasteiger partial charge < -0.3 is 5.73 Å². The van der Waals surface area contributed by atoms with E-state index in [1.165, 1.54) is 0 Å². The molecule has 0 aromatic carbocycles. The average molecular weight is 193 g/mol. The smallest absolute Gasteiger partial charge is 0.243 e. The van der Waals surface area contributed by atoms with Crippen molar-refractivity contribution in [1.82, 2.24) is 0 Å². The number of carbonyl (C=O) groups excluding carboxylic acids is 1. The molecule has 11 heavy (non-hydrogen) atoms. The molecule has 0 spiro atoms. The molecule has 0 rings (SSSR count). The maximum atomic E-state index is 11.0. The van der Waals surface area contributed by atoms with Gasteiger partial charge in [0.2, 0.25) is 5.91 Å². The minimum Gasteiger partial charge on any atom is -0.368 e. The molecule has 2 N–H and O–H groups in total. The lowest BCUT2D eigenvalue weighted by Crippen LogP contribution is -2.35. The van der Waals surface area contributed by atoms with E-state index in [2.05, 4.69) is 0 Å². The van der Waals surface area contributed by atoms with Crippen LogP contribution in [0.25, 0.3) is 0 Å². The van der Waals surface area contributed by atoms with Gasteiger partial charge in [-0.1, -0.05) is 13.8 Å². The number of hydrogen-bond donors (Lipinski definition) is 1. The van der Waals surface area contributed by atoms with Gasteiger partial charge in [-0.2, -0.15) is 0 Å². The van der Waals surface area contributed by atoms with Crippen LogP contribution in [-0.2, 0) is 4.79 Å². The van der Waals surface area contributed by atoms with E-state index in [9.17, 15) is 4.79 Å². The summed E-state index contributed by atoms with van der Waals surface area (Å²) in [6.45, 7) is 5.95. The molecule has 0 saturated heterocycles. The summed E-state index contributed by atoms with van der Waals surface area (Å²) in [5.74, 6) is 1.62. The van der Waals surface area contributed by atoms with Gasteiger partial charge in [-0.05, 0) is 18.4 Å². The van der Waals surface area contributed by atoms with Gasteiger partial charge in [0.1, 0.15) is 4.08 Å². The first-order chi connectivity index (χ1) is 5.06. The molecule has 4 heteroatoms. The van der Waals surface area contributed by atoms with Crippen molar-refractivity contribution in [1.29, 1.82) is 0 Å². The van der Waals surface area contributed by atoms with Crippen LogP contribution in [0.3, 0.4) is 0 Å². The Kier molecular flexibility index (Phi) is 5.01. The zero-order valence-electron chi connectivity index (χ0n) is 7.22. The highest BCUT2D eigenvalue weighted by Crippen LogP contribution is 2.35. The molecule has 66 valence electrons. The highest BCUT2D eigenvalue weighted by Gasteiger charge is 2.30. The number of rotatable bonds is 5. The molecular formula is C7H15NOS2. The van der Waals surface area contributed by atoms with Crippen molar-refractivity contribution in [3.63, 3.8) is 0 Å². The first kappa shape index (κ1) is 11.2. The zero-order valence-corrected chi connectivity index (χ0v) is 8.85. The van der Waals surface area contributed by atoms with E-state index in [1.807, 2.05) is 20.8 Å². The second-order valence-electron chi connectivity index (χ2n) is 2.18. The largest absolute Gasteiger partial charge is 0.368 e. The molecule has 0 unspecified atom stereocenters. The van der Waals surface area contributed by atoms with Crippen LogP contribution in [0.5, 0.6) is 0 Å². The lowest BCUT2D eigenvalue weighted by atomic mass is 10.4. The molecule has 0 aromatic rings. The first-order valence-electron chi connectivity index (χ1n) is 3.64. The Morgan fingerprint density at radius 3 is 1.91 bits per heavy atom. The van der Waals surface area contributed by atoms with E-state index in [0.717, 1.165) is 11.5 Å². The Morgan fingerprint density at radius 1 is 1.36 bits per heavy atom. The van der Waals surface area contributed by atoms with Crippen LogP contribution in [-0.4, -0.2) is 21.5 Å². The fourth-order valence-corrected chi connectivity index (χ4v) is 3.16. The molecular weight excluding hydrogens is 178 g/mol. The van der Waals surface area contributed by atoms with Crippen molar-refractivity contribution < 1.29 is 4.79 Å². The summed E-state index contributed by atoms with van der Waals surface area (Å²) in [5.41, 5.74) is 5.26. The number of primary amides is 1. The lowest BCUT2D eigenvalue weighted by Gasteiger charge is -2.23. The molecule has 0 fully saturated rings. The second-order valence-corrected chi connectivity index (χ2v) is 5.80. The van der Waals surface area contributed by atoms with Gasteiger partial charge in [0, 0.05) is 0 Å². The second kappa shape index (κ2) is 4.93. The number of hydrogen-bond acceptors (Lipinski definition) is 3. The van der Waals surface area contributed by atoms with E-state index in [-0.39, 0.29) is 5.91 Å². The van der Waals surface area contributed by atoms with Gasteiger partial charge in [-0.15, -0.1) is 23.5 Å². The van der Waals surface area contributed by atoms with E-state index in [0.29, 0.717) is 0 Å². The molecule has 0 aromatic heterocycles. The topological polar surface area (TPSA) is 43.1 Å². The van der Waals surface area contributed by atoms with Crippen LogP contribution in [0.15, 0.2) is 0 Å². The fourth-order valence-electron chi connectivity index (χ4n) is 0.735. The summed E-state index contributed by atoms with van der Waals surface area (Å²) in [6, 6.07) is 0. The molecule has 0 aliphatic rings. The maximum absolute atomic E-state index is 11.0. The summed E-state index contributed by atoms with van der Waals surface area (Å²) >= 11 is 3.20. The standard InChI is InChI=1S/C7H15NOS2/c1-4-10-7(3,6(8)9)11-5-2/h4-5H2,1-3H3,(H2,8,9). The third-order valence-electron chi connectivity index (χ3n) is 1.29. The van der Waals surface area contributed by atoms with Gasteiger partial charge in [-0.25, -0.2) is 0 Å². The molecule has 1 amide bonds. The van der Waals surface area contributed by atoms with Gasteiger partial charge in [-0.3, -0.25) is 4.79 Å². The minimum atomic E-state index is -0.427. The highest BCUT2D eigenvalue weighted by molar-refractivity contribution is 8.19. The summed E-state index contributed by atoms with van der Waals surface area (Å²) < 4.78 is -0.427. The monoisotopic (exact) mass is 193 g/mol. The van der Waals surface area contributed by atoms with Crippen LogP contribution in [0.1, 0.15) is 20.8 Å². The molecule has 0 aliphatic heterocycles. The van der Waals surface area contributed by atoms with Crippen molar-refractivity contribution in [3.05, 3.63) is 0 Å². The summed E-state index contributed by atoms with van der Waals surface area (Å²) in [7, 11) is 0. The summed E-state index contributed by atoms with van der Waals surface area (Å²) in [6.07, 6.45) is 0. The van der Waals surface area contributed by atoms with E-state index < -0.39 is 4.08 Å². The minimum absolute atomic E-state index is 0.226. The summed E-state index contributed by atoms with van der Waals surface area (Å²) in [4.78, 5) is 11.0. The third kappa shape index (κ3) is 3.38. The molecule has 0 saturated carbocycles. The molecule has 0 radical (unpaired) electrons. The Balaban J connectivity index is 4.13. The summed E-state index contributed by atoms with van der Waals surface area (Å²) in [5, 5.41) is 0. The van der Waals surface area contributed by atoms with Gasteiger partial charge in [0.25, 0.3) is 0 Å². The van der Waals surface area contributed by atoms with Crippen molar-refractivity contribution in [2.24, 2.45) is 5.73 Å². The molecule has 2 nitrogen and oxygen atoms in total. The van der Waals surface area contributed by atoms with Crippen LogP contribution in [0, 0.1) is 0 Å². The van der Waals surface area contributed by atoms with Crippen molar-refractivity contribution in [2.75, 3.05) is 11.5 Å². The van der Waals surface area contributed by atoms with Crippen molar-refractivity contribution >= 4 is 29.4 Å². The molecule has 0 aliphatic carbocycles. The SMILES string of the molecule is CCSC(C)(SCC)C(N)=O. The fraction of sp³-hybridized carbons (Fsp3) is 0.857. The molecule has 0 heterocycles. The van der Waals surface area contributed by atoms with Crippen molar-refractivity contribution in [3.8, 4) is 0 Å². The highest BCUT2D eigenvalue weighted by atomic mass is 32.2. The predicted octanol–water partition coefficient (Wildman–Crippen LogP) is 1.69. The van der Waals surface area contributed by atoms with E-state index in [1.54, 1.807) is 23.5 Å². The van der Waals surface area contributed by atoms with Crippen molar-refractivity contribution in [2.45, 2.75) is 24.9 Å². The Hall–Kier alpha value is 0.170. The van der Waals surface area contributed by atoms with Gasteiger partial charge in [0.05, 0.1) is 0 Å². The van der Waals surface area contributed by atoms with Crippen LogP contribution >= 0.6 is 23.5 Å². The zero-order chi connectivity index (χ0) is 8.91. The maximum Gasteiger partial charge on any atom is 0.243 e. The van der Waals surface area contributed by atoms with Gasteiger partial charge >= 0.3 is 0 Å². The number of thioether (sulfide) groups is 2. The average Bonchev–Trinajstić information content (AvgIpc) is 1.88. The predicted molar refractivity (Wildman–Crippen MR) is 53.9 cm³/mol.